The van der Waals surface area contributed by atoms with Gasteiger partial charge in [-0.2, -0.15) is 9.94 Å². The molecule has 1 amide bonds. The zero-order valence-corrected chi connectivity index (χ0v) is 22.6. The first-order valence-electron chi connectivity index (χ1n) is 12.3. The molecular formula is C28H32ClN5O3. The first kappa shape index (κ1) is 26.6. The predicted molar refractivity (Wildman–Crippen MR) is 145 cm³/mol. The van der Waals surface area contributed by atoms with Gasteiger partial charge in [-0.15, -0.1) is 5.10 Å². The summed E-state index contributed by atoms with van der Waals surface area (Å²) in [5, 5.41) is 21.2. The number of nitriles is 1. The number of rotatable bonds is 4. The van der Waals surface area contributed by atoms with E-state index >= 15 is 0 Å². The van der Waals surface area contributed by atoms with E-state index in [2.05, 4.69) is 35.6 Å². The Labute approximate surface area is 221 Å². The number of carbonyl (C=O) groups excluding carboxylic acids is 2. The van der Waals surface area contributed by atoms with Gasteiger partial charge in [-0.25, -0.2) is 4.79 Å². The average molecular weight is 522 g/mol. The van der Waals surface area contributed by atoms with Gasteiger partial charge < -0.3 is 15.4 Å². The standard InChI is InChI=1S/C28H32ClN5O3/c1-27(2,3)16-37-26(36)34-23-9-7-18(20-12-17(14-30)6-8-22(20)29)13-21(23)24(33-34)32-25(35)19-10-11-28(4,5)31-15-19/h6-9,12-13,19,31H,10-11,15-16H2,1-5H3,(H,32,33,35)/t19-/m1/s1. The van der Waals surface area contributed by atoms with Crippen LogP contribution in [0.2, 0.25) is 5.02 Å². The molecule has 1 fully saturated rings. The molecule has 3 aromatic rings. The molecule has 1 saturated heterocycles. The molecule has 0 spiro atoms. The lowest BCUT2D eigenvalue weighted by Crippen LogP contribution is -2.49. The summed E-state index contributed by atoms with van der Waals surface area (Å²) in [4.78, 5) is 26.1. The molecule has 0 bridgehead atoms. The Morgan fingerprint density at radius 2 is 2.03 bits per heavy atom. The summed E-state index contributed by atoms with van der Waals surface area (Å²) in [6, 6.07) is 12.5. The van der Waals surface area contributed by atoms with Gasteiger partial charge in [0.05, 0.1) is 29.7 Å². The maximum atomic E-state index is 13.2. The van der Waals surface area contributed by atoms with Crippen LogP contribution in [0, 0.1) is 22.7 Å². The molecule has 4 rings (SSSR count). The molecule has 2 aromatic carbocycles. The number of hydrogen-bond donors (Lipinski definition) is 2. The maximum Gasteiger partial charge on any atom is 0.435 e. The molecule has 2 heterocycles. The minimum absolute atomic E-state index is 0.00595. The Kier molecular flexibility index (Phi) is 7.31. The maximum absolute atomic E-state index is 13.2. The fraction of sp³-hybridized carbons (Fsp3) is 0.429. The Bertz CT molecular complexity index is 1390. The SMILES string of the molecule is CC(C)(C)COC(=O)n1nc(NC(=O)[C@@H]2CCC(C)(C)NC2)c2cc(-c3cc(C#N)ccc3Cl)ccc21. The number of nitrogens with one attached hydrogen (secondary N) is 2. The quantitative estimate of drug-likeness (QED) is 0.437. The molecule has 1 aliphatic rings. The third-order valence-electron chi connectivity index (χ3n) is 6.45. The number of hydrogen-bond acceptors (Lipinski definition) is 6. The second kappa shape index (κ2) is 10.2. The van der Waals surface area contributed by atoms with E-state index in [0.717, 1.165) is 18.4 Å². The fourth-order valence-electron chi connectivity index (χ4n) is 4.24. The summed E-state index contributed by atoms with van der Waals surface area (Å²) in [5.41, 5.74) is 2.15. The Hall–Kier alpha value is -3.41. The lowest BCUT2D eigenvalue weighted by atomic mass is 9.86. The van der Waals surface area contributed by atoms with Crippen LogP contribution < -0.4 is 10.6 Å². The molecule has 9 heteroatoms. The van der Waals surface area contributed by atoms with Crippen molar-refractivity contribution in [3.05, 3.63) is 47.0 Å². The minimum atomic E-state index is -0.626. The number of amides is 1. The van der Waals surface area contributed by atoms with Crippen molar-refractivity contribution in [2.75, 3.05) is 18.5 Å². The molecule has 194 valence electrons. The highest BCUT2D eigenvalue weighted by Gasteiger charge is 2.31. The number of nitrogens with zero attached hydrogens (tertiary/aromatic N) is 3. The van der Waals surface area contributed by atoms with Gasteiger partial charge in [0.25, 0.3) is 0 Å². The first-order valence-corrected chi connectivity index (χ1v) is 12.7. The summed E-state index contributed by atoms with van der Waals surface area (Å²) in [7, 11) is 0. The van der Waals surface area contributed by atoms with Gasteiger partial charge in [-0.05, 0) is 68.0 Å². The highest BCUT2D eigenvalue weighted by Crippen LogP contribution is 2.34. The monoisotopic (exact) mass is 521 g/mol. The van der Waals surface area contributed by atoms with Crippen LogP contribution in [-0.4, -0.2) is 40.5 Å². The third-order valence-corrected chi connectivity index (χ3v) is 6.77. The number of aromatic nitrogens is 2. The van der Waals surface area contributed by atoms with Crippen molar-refractivity contribution in [3.63, 3.8) is 0 Å². The molecular weight excluding hydrogens is 490 g/mol. The van der Waals surface area contributed by atoms with Gasteiger partial charge in [-0.1, -0.05) is 38.4 Å². The van der Waals surface area contributed by atoms with Gasteiger partial charge in [0, 0.05) is 28.1 Å². The Morgan fingerprint density at radius 1 is 1.27 bits per heavy atom. The van der Waals surface area contributed by atoms with Crippen LogP contribution in [0.4, 0.5) is 10.6 Å². The molecule has 1 aliphatic heterocycles. The van der Waals surface area contributed by atoms with E-state index in [9.17, 15) is 14.9 Å². The van der Waals surface area contributed by atoms with Crippen LogP contribution in [0.25, 0.3) is 22.0 Å². The van der Waals surface area contributed by atoms with Gasteiger partial charge in [-0.3, -0.25) is 4.79 Å². The highest BCUT2D eigenvalue weighted by atomic mass is 35.5. The summed E-state index contributed by atoms with van der Waals surface area (Å²) in [6.45, 7) is 10.9. The normalized spacial score (nSPS) is 17.3. The molecule has 0 saturated carbocycles. The van der Waals surface area contributed by atoms with Crippen LogP contribution >= 0.6 is 11.6 Å². The number of carbonyl (C=O) groups is 2. The second-order valence-corrected chi connectivity index (χ2v) is 11.8. The van der Waals surface area contributed by atoms with Crippen LogP contribution in [0.15, 0.2) is 36.4 Å². The number of fused-ring (bicyclic) bond motifs is 1. The van der Waals surface area contributed by atoms with Crippen molar-refractivity contribution >= 4 is 40.3 Å². The topological polar surface area (TPSA) is 109 Å². The lowest BCUT2D eigenvalue weighted by Gasteiger charge is -2.35. The molecule has 37 heavy (non-hydrogen) atoms. The lowest BCUT2D eigenvalue weighted by molar-refractivity contribution is -0.120. The average Bonchev–Trinajstić information content (AvgIpc) is 3.20. The van der Waals surface area contributed by atoms with Gasteiger partial charge >= 0.3 is 6.09 Å². The molecule has 0 unspecified atom stereocenters. The van der Waals surface area contributed by atoms with Gasteiger partial charge in [0.2, 0.25) is 5.91 Å². The van der Waals surface area contributed by atoms with E-state index in [1.807, 2.05) is 26.8 Å². The fourth-order valence-corrected chi connectivity index (χ4v) is 4.47. The molecule has 1 aromatic heterocycles. The third kappa shape index (κ3) is 6.12. The highest BCUT2D eigenvalue weighted by molar-refractivity contribution is 6.33. The predicted octanol–water partition coefficient (Wildman–Crippen LogP) is 5.98. The summed E-state index contributed by atoms with van der Waals surface area (Å²) >= 11 is 6.45. The molecule has 0 aliphatic carbocycles. The first-order chi connectivity index (χ1) is 17.4. The van der Waals surface area contributed by atoms with Crippen molar-refractivity contribution in [1.82, 2.24) is 15.1 Å². The van der Waals surface area contributed by atoms with E-state index < -0.39 is 6.09 Å². The Morgan fingerprint density at radius 3 is 2.68 bits per heavy atom. The zero-order valence-electron chi connectivity index (χ0n) is 21.8. The second-order valence-electron chi connectivity index (χ2n) is 11.4. The van der Waals surface area contributed by atoms with Crippen molar-refractivity contribution in [2.24, 2.45) is 11.3 Å². The minimum Gasteiger partial charge on any atom is -0.447 e. The van der Waals surface area contributed by atoms with E-state index in [-0.39, 0.29) is 35.2 Å². The molecule has 2 N–H and O–H groups in total. The van der Waals surface area contributed by atoms with Crippen LogP contribution in [-0.2, 0) is 9.53 Å². The van der Waals surface area contributed by atoms with Crippen LogP contribution in [0.3, 0.4) is 0 Å². The van der Waals surface area contributed by atoms with Crippen molar-refractivity contribution in [2.45, 2.75) is 53.0 Å². The largest absolute Gasteiger partial charge is 0.447 e. The van der Waals surface area contributed by atoms with Crippen molar-refractivity contribution in [1.29, 1.82) is 5.26 Å². The molecule has 0 radical (unpaired) electrons. The number of ether oxygens (including phenoxy) is 1. The smallest absolute Gasteiger partial charge is 0.435 e. The van der Waals surface area contributed by atoms with E-state index in [1.165, 1.54) is 4.68 Å². The number of piperidine rings is 1. The van der Waals surface area contributed by atoms with Crippen molar-refractivity contribution in [3.8, 4) is 17.2 Å². The molecule has 8 nitrogen and oxygen atoms in total. The molecule has 1 atom stereocenters. The van der Waals surface area contributed by atoms with E-state index in [0.29, 0.717) is 33.6 Å². The van der Waals surface area contributed by atoms with Crippen LogP contribution in [0.1, 0.15) is 53.0 Å². The van der Waals surface area contributed by atoms with Gasteiger partial charge in [0.1, 0.15) is 0 Å². The van der Waals surface area contributed by atoms with Gasteiger partial charge in [0.15, 0.2) is 5.82 Å². The number of anilines is 1. The van der Waals surface area contributed by atoms with E-state index in [4.69, 9.17) is 16.3 Å². The summed E-state index contributed by atoms with van der Waals surface area (Å²) < 4.78 is 6.68. The Balaban J connectivity index is 1.73. The zero-order chi connectivity index (χ0) is 27.0. The summed E-state index contributed by atoms with van der Waals surface area (Å²) in [6.07, 6.45) is 0.996. The summed E-state index contributed by atoms with van der Waals surface area (Å²) in [5.74, 6) is -0.106. The number of halogens is 1. The number of benzene rings is 2. The van der Waals surface area contributed by atoms with Crippen molar-refractivity contribution < 1.29 is 14.3 Å². The van der Waals surface area contributed by atoms with Crippen LogP contribution in [0.5, 0.6) is 0 Å². The van der Waals surface area contributed by atoms with E-state index in [1.54, 1.807) is 30.3 Å².